The summed E-state index contributed by atoms with van der Waals surface area (Å²) >= 11 is 0. The van der Waals surface area contributed by atoms with Gasteiger partial charge in [0.25, 0.3) is 5.91 Å². The topological polar surface area (TPSA) is 114 Å². The minimum atomic E-state index is -3.83. The summed E-state index contributed by atoms with van der Waals surface area (Å²) in [6.45, 7) is -0.264. The van der Waals surface area contributed by atoms with E-state index in [1.807, 2.05) is 6.08 Å². The van der Waals surface area contributed by atoms with Crippen molar-refractivity contribution < 1.29 is 32.5 Å². The average Bonchev–Trinajstić information content (AvgIpc) is 2.88. The molecular formula is C24H36N2O7S. The summed E-state index contributed by atoms with van der Waals surface area (Å²) in [6.07, 6.45) is 7.78. The average molecular weight is 497 g/mol. The maximum Gasteiger partial charge on any atom is 0.285 e. The largest absolute Gasteiger partial charge is 0.497 e. The summed E-state index contributed by atoms with van der Waals surface area (Å²) in [5.41, 5.74) is 0. The van der Waals surface area contributed by atoms with Gasteiger partial charge in [0, 0.05) is 26.6 Å². The maximum absolute atomic E-state index is 13.1. The third kappa shape index (κ3) is 6.71. The second kappa shape index (κ2) is 12.5. The summed E-state index contributed by atoms with van der Waals surface area (Å²) in [5, 5.41) is 12.0. The number of hydrogen-bond donors (Lipinski definition) is 2. The Hall–Kier alpha value is -2.14. The van der Waals surface area contributed by atoms with Gasteiger partial charge in [-0.15, -0.1) is 0 Å². The third-order valence-electron chi connectivity index (χ3n) is 6.49. The van der Waals surface area contributed by atoms with Crippen molar-refractivity contribution in [2.45, 2.75) is 49.7 Å². The van der Waals surface area contributed by atoms with Crippen LogP contribution in [0.2, 0.25) is 0 Å². The lowest BCUT2D eigenvalue weighted by Crippen LogP contribution is -2.38. The molecule has 1 aromatic carbocycles. The highest BCUT2D eigenvalue weighted by atomic mass is 32.2. The number of hydrogen-bond acceptors (Lipinski definition) is 7. The summed E-state index contributed by atoms with van der Waals surface area (Å²) in [6, 6.07) is 6.10. The predicted octanol–water partition coefficient (Wildman–Crippen LogP) is 2.27. The molecule has 1 heterocycles. The molecule has 190 valence electrons. The fourth-order valence-electron chi connectivity index (χ4n) is 4.61. The van der Waals surface area contributed by atoms with Gasteiger partial charge in [-0.1, -0.05) is 19.3 Å². The van der Waals surface area contributed by atoms with Gasteiger partial charge in [0.05, 0.1) is 25.2 Å². The van der Waals surface area contributed by atoms with Gasteiger partial charge in [-0.25, -0.2) is 8.42 Å². The second-order valence-corrected chi connectivity index (χ2v) is 10.6. The van der Waals surface area contributed by atoms with Crippen LogP contribution in [0.25, 0.3) is 0 Å². The first kappa shape index (κ1) is 26.5. The van der Waals surface area contributed by atoms with E-state index in [1.165, 1.54) is 42.8 Å². The first-order valence-electron chi connectivity index (χ1n) is 11.9. The lowest BCUT2D eigenvalue weighted by molar-refractivity contribution is -0.151. The van der Waals surface area contributed by atoms with Crippen LogP contribution in [0.3, 0.4) is 0 Å². The molecule has 1 aromatic rings. The van der Waals surface area contributed by atoms with Gasteiger partial charge in [-0.3, -0.25) is 4.79 Å². The Morgan fingerprint density at radius 1 is 1.18 bits per heavy atom. The van der Waals surface area contributed by atoms with Crippen LogP contribution in [0.4, 0.5) is 0 Å². The fraction of sp³-hybridized carbons (Fsp3) is 0.625. The number of rotatable bonds is 11. The SMILES string of the molecule is CNC(=O)C1=C[C@@H](C2CCCCC2)C[C@@H](OCCN(CCO)S(=O)(=O)c2ccc(OC)cc2)O1. The summed E-state index contributed by atoms with van der Waals surface area (Å²) in [7, 11) is -0.757. The molecule has 3 rings (SSSR count). The molecule has 1 aliphatic carbocycles. The number of amides is 1. The Morgan fingerprint density at radius 2 is 1.88 bits per heavy atom. The van der Waals surface area contributed by atoms with Crippen molar-refractivity contribution in [2.24, 2.45) is 11.8 Å². The first-order valence-corrected chi connectivity index (χ1v) is 13.3. The molecule has 2 atom stereocenters. The zero-order chi connectivity index (χ0) is 24.6. The summed E-state index contributed by atoms with van der Waals surface area (Å²) in [4.78, 5) is 12.4. The molecule has 2 aliphatic rings. The minimum Gasteiger partial charge on any atom is -0.497 e. The summed E-state index contributed by atoms with van der Waals surface area (Å²) < 4.78 is 44.1. The maximum atomic E-state index is 13.1. The van der Waals surface area contributed by atoms with Crippen LogP contribution in [-0.4, -0.2) is 70.5 Å². The Labute approximate surface area is 202 Å². The van der Waals surface area contributed by atoms with E-state index in [4.69, 9.17) is 14.2 Å². The molecule has 1 saturated carbocycles. The zero-order valence-electron chi connectivity index (χ0n) is 19.9. The second-order valence-electron chi connectivity index (χ2n) is 8.63. The summed E-state index contributed by atoms with van der Waals surface area (Å²) in [5.74, 6) is 1.19. The van der Waals surface area contributed by atoms with Crippen LogP contribution < -0.4 is 10.1 Å². The van der Waals surface area contributed by atoms with Crippen molar-refractivity contribution in [3.8, 4) is 5.75 Å². The number of aliphatic hydroxyl groups excluding tert-OH is 1. The molecule has 34 heavy (non-hydrogen) atoms. The molecule has 0 aromatic heterocycles. The van der Waals surface area contributed by atoms with E-state index in [9.17, 15) is 18.3 Å². The highest BCUT2D eigenvalue weighted by Crippen LogP contribution is 2.37. The van der Waals surface area contributed by atoms with Crippen LogP contribution >= 0.6 is 0 Å². The van der Waals surface area contributed by atoms with Crippen LogP contribution in [0.15, 0.2) is 41.0 Å². The van der Waals surface area contributed by atoms with Gasteiger partial charge in [0.2, 0.25) is 16.3 Å². The Kier molecular flexibility index (Phi) is 9.75. The van der Waals surface area contributed by atoms with Crippen LogP contribution in [-0.2, 0) is 24.3 Å². The van der Waals surface area contributed by atoms with Gasteiger partial charge in [-0.05, 0) is 55.0 Å². The van der Waals surface area contributed by atoms with Crippen molar-refractivity contribution in [2.75, 3.05) is 40.5 Å². The lowest BCUT2D eigenvalue weighted by atomic mass is 9.77. The van der Waals surface area contributed by atoms with Gasteiger partial charge < -0.3 is 24.6 Å². The molecule has 0 bridgehead atoms. The number of methoxy groups -OCH3 is 1. The molecule has 2 N–H and O–H groups in total. The van der Waals surface area contributed by atoms with Gasteiger partial charge in [0.15, 0.2) is 5.76 Å². The van der Waals surface area contributed by atoms with E-state index >= 15 is 0 Å². The Balaban J connectivity index is 1.64. The Morgan fingerprint density at radius 3 is 2.50 bits per heavy atom. The van der Waals surface area contributed by atoms with Crippen LogP contribution in [0.5, 0.6) is 5.75 Å². The fourth-order valence-corrected chi connectivity index (χ4v) is 6.02. The third-order valence-corrected chi connectivity index (χ3v) is 8.40. The Bertz CT molecular complexity index is 927. The smallest absolute Gasteiger partial charge is 0.285 e. The quantitative estimate of drug-likeness (QED) is 0.483. The number of carbonyl (C=O) groups excluding carboxylic acids is 1. The molecule has 0 radical (unpaired) electrons. The first-order chi connectivity index (χ1) is 16.4. The zero-order valence-corrected chi connectivity index (χ0v) is 20.8. The van der Waals surface area contributed by atoms with Crippen molar-refractivity contribution in [1.82, 2.24) is 9.62 Å². The molecule has 9 nitrogen and oxygen atoms in total. The monoisotopic (exact) mass is 496 g/mol. The van der Waals surface area contributed by atoms with E-state index in [0.717, 1.165) is 12.8 Å². The van der Waals surface area contributed by atoms with Crippen molar-refractivity contribution in [3.63, 3.8) is 0 Å². The van der Waals surface area contributed by atoms with E-state index < -0.39 is 16.3 Å². The van der Waals surface area contributed by atoms with Gasteiger partial charge in [-0.2, -0.15) is 4.31 Å². The number of nitrogens with one attached hydrogen (secondary N) is 1. The lowest BCUT2D eigenvalue weighted by Gasteiger charge is -2.35. The molecular weight excluding hydrogens is 460 g/mol. The molecule has 10 heteroatoms. The minimum absolute atomic E-state index is 0.0436. The van der Waals surface area contributed by atoms with Crippen molar-refractivity contribution in [1.29, 1.82) is 0 Å². The van der Waals surface area contributed by atoms with E-state index in [0.29, 0.717) is 18.1 Å². The number of benzene rings is 1. The predicted molar refractivity (Wildman–Crippen MR) is 126 cm³/mol. The highest BCUT2D eigenvalue weighted by Gasteiger charge is 2.33. The number of allylic oxidation sites excluding steroid dienone is 1. The van der Waals surface area contributed by atoms with E-state index in [2.05, 4.69) is 5.32 Å². The van der Waals surface area contributed by atoms with Crippen LogP contribution in [0, 0.1) is 11.8 Å². The molecule has 1 amide bonds. The molecule has 0 unspecified atom stereocenters. The number of likely N-dealkylation sites (N-methyl/N-ethyl adjacent to an activating group) is 1. The van der Waals surface area contributed by atoms with Crippen LogP contribution in [0.1, 0.15) is 38.5 Å². The number of ether oxygens (including phenoxy) is 3. The number of carbonyl (C=O) groups is 1. The van der Waals surface area contributed by atoms with Gasteiger partial charge >= 0.3 is 0 Å². The number of nitrogens with zero attached hydrogens (tertiary/aromatic N) is 1. The van der Waals surface area contributed by atoms with Crippen molar-refractivity contribution >= 4 is 15.9 Å². The number of sulfonamides is 1. The molecule has 0 saturated heterocycles. The van der Waals surface area contributed by atoms with E-state index in [-0.39, 0.29) is 48.8 Å². The van der Waals surface area contributed by atoms with E-state index in [1.54, 1.807) is 19.2 Å². The normalized spacial score (nSPS) is 21.6. The molecule has 1 fully saturated rings. The number of aliphatic hydroxyl groups is 1. The van der Waals surface area contributed by atoms with Crippen molar-refractivity contribution in [3.05, 3.63) is 36.1 Å². The highest BCUT2D eigenvalue weighted by molar-refractivity contribution is 7.89. The molecule has 0 spiro atoms. The molecule has 1 aliphatic heterocycles. The standard InChI is InChI=1S/C24H36N2O7S/c1-25-24(28)22-16-19(18-6-4-3-5-7-18)17-23(33-22)32-15-13-26(12-14-27)34(29,30)21-10-8-20(31-2)9-11-21/h8-11,16,18-19,23,27H,3-7,12-15,17H2,1-2H3,(H,25,28)/t19-,23+/m1/s1. The van der Waals surface area contributed by atoms with Gasteiger partial charge in [0.1, 0.15) is 5.75 Å².